The van der Waals surface area contributed by atoms with Gasteiger partial charge in [-0.25, -0.2) is 0 Å². The van der Waals surface area contributed by atoms with Crippen LogP contribution in [0, 0.1) is 5.92 Å². The molecule has 2 unspecified atom stereocenters. The minimum Gasteiger partial charge on any atom is -0.375 e. The monoisotopic (exact) mass is 253 g/mol. The second-order valence-corrected chi connectivity index (χ2v) is 6.15. The van der Waals surface area contributed by atoms with Crippen molar-refractivity contribution in [3.05, 3.63) is 0 Å². The van der Waals surface area contributed by atoms with Gasteiger partial charge in [-0.1, -0.05) is 26.2 Å². The average Bonchev–Trinajstić information content (AvgIpc) is 2.77. The molecule has 0 aromatic rings. The molecule has 1 spiro atoms. The van der Waals surface area contributed by atoms with Crippen molar-refractivity contribution in [3.63, 3.8) is 0 Å². The van der Waals surface area contributed by atoms with Crippen molar-refractivity contribution in [1.29, 1.82) is 0 Å². The lowest BCUT2D eigenvalue weighted by Crippen LogP contribution is -2.40. The Morgan fingerprint density at radius 2 is 2.17 bits per heavy atom. The second kappa shape index (κ2) is 6.16. The number of hydrogen-bond acceptors (Lipinski definition) is 3. The lowest BCUT2D eigenvalue weighted by molar-refractivity contribution is -0.136. The fourth-order valence-corrected chi connectivity index (χ4v) is 3.57. The Morgan fingerprint density at radius 3 is 2.83 bits per heavy atom. The molecule has 1 heterocycles. The number of ether oxygens (including phenoxy) is 1. The Hall–Kier alpha value is -0.410. The molecular formula is C15H27NO2. The van der Waals surface area contributed by atoms with Crippen LogP contribution in [-0.2, 0) is 9.53 Å². The Labute approximate surface area is 110 Å². The molecule has 0 aromatic heterocycles. The van der Waals surface area contributed by atoms with Gasteiger partial charge < -0.3 is 10.5 Å². The van der Waals surface area contributed by atoms with Crippen LogP contribution in [-0.4, -0.2) is 24.0 Å². The van der Waals surface area contributed by atoms with Crippen molar-refractivity contribution in [2.24, 2.45) is 11.7 Å². The first-order valence-corrected chi connectivity index (χ1v) is 7.57. The second-order valence-electron chi connectivity index (χ2n) is 6.15. The predicted molar refractivity (Wildman–Crippen MR) is 72.4 cm³/mol. The van der Waals surface area contributed by atoms with E-state index in [1.165, 1.54) is 12.8 Å². The molecule has 2 rings (SSSR count). The van der Waals surface area contributed by atoms with E-state index in [0.717, 1.165) is 45.1 Å². The predicted octanol–water partition coefficient (Wildman–Crippen LogP) is 2.81. The van der Waals surface area contributed by atoms with Crippen LogP contribution in [0.4, 0.5) is 0 Å². The number of carbonyl (C=O) groups excluding carboxylic acids is 1. The van der Waals surface area contributed by atoms with Gasteiger partial charge in [-0.15, -0.1) is 0 Å². The minimum atomic E-state index is 0.0490. The van der Waals surface area contributed by atoms with Crippen LogP contribution in [0.2, 0.25) is 0 Å². The Kier molecular flexibility index (Phi) is 4.79. The maximum atomic E-state index is 12.3. The maximum absolute atomic E-state index is 12.3. The summed E-state index contributed by atoms with van der Waals surface area (Å²) in [6.45, 7) is 2.88. The van der Waals surface area contributed by atoms with Crippen LogP contribution in [0.5, 0.6) is 0 Å². The van der Waals surface area contributed by atoms with Crippen LogP contribution in [0.25, 0.3) is 0 Å². The van der Waals surface area contributed by atoms with Crippen LogP contribution in [0.3, 0.4) is 0 Å². The third kappa shape index (κ3) is 3.33. The molecule has 0 amide bonds. The van der Waals surface area contributed by atoms with Gasteiger partial charge in [0, 0.05) is 25.0 Å². The zero-order valence-electron chi connectivity index (χ0n) is 11.6. The van der Waals surface area contributed by atoms with E-state index >= 15 is 0 Å². The molecule has 0 bridgehead atoms. The molecule has 104 valence electrons. The highest BCUT2D eigenvalue weighted by molar-refractivity contribution is 5.81. The summed E-state index contributed by atoms with van der Waals surface area (Å²) in [6.07, 6.45) is 9.26. The molecule has 1 aliphatic heterocycles. The zero-order valence-corrected chi connectivity index (χ0v) is 11.6. The van der Waals surface area contributed by atoms with Gasteiger partial charge in [-0.05, 0) is 32.1 Å². The summed E-state index contributed by atoms with van der Waals surface area (Å²) < 4.78 is 5.98. The van der Waals surface area contributed by atoms with Crippen LogP contribution >= 0.6 is 0 Å². The summed E-state index contributed by atoms with van der Waals surface area (Å²) in [5, 5.41) is 0. The van der Waals surface area contributed by atoms with Crippen LogP contribution < -0.4 is 5.73 Å². The van der Waals surface area contributed by atoms with E-state index in [-0.39, 0.29) is 17.6 Å². The number of rotatable bonds is 5. The van der Waals surface area contributed by atoms with Gasteiger partial charge in [-0.3, -0.25) is 4.79 Å². The largest absolute Gasteiger partial charge is 0.375 e. The van der Waals surface area contributed by atoms with Crippen molar-refractivity contribution in [2.75, 3.05) is 6.61 Å². The molecule has 1 saturated carbocycles. The quantitative estimate of drug-likeness (QED) is 0.819. The molecule has 1 saturated heterocycles. The summed E-state index contributed by atoms with van der Waals surface area (Å²) in [6, 6.07) is 0.0601. The summed E-state index contributed by atoms with van der Waals surface area (Å²) in [7, 11) is 0. The molecule has 0 aromatic carbocycles. The van der Waals surface area contributed by atoms with E-state index in [9.17, 15) is 4.79 Å². The van der Waals surface area contributed by atoms with Gasteiger partial charge in [0.1, 0.15) is 5.78 Å². The fraction of sp³-hybridized carbons (Fsp3) is 0.933. The van der Waals surface area contributed by atoms with Gasteiger partial charge in [0.2, 0.25) is 0 Å². The summed E-state index contributed by atoms with van der Waals surface area (Å²) in [4.78, 5) is 12.3. The first-order chi connectivity index (χ1) is 8.65. The third-order valence-corrected chi connectivity index (χ3v) is 4.59. The van der Waals surface area contributed by atoms with Crippen molar-refractivity contribution in [3.8, 4) is 0 Å². The van der Waals surface area contributed by atoms with Gasteiger partial charge in [0.15, 0.2) is 0 Å². The van der Waals surface area contributed by atoms with Gasteiger partial charge in [0.25, 0.3) is 0 Å². The van der Waals surface area contributed by atoms with E-state index < -0.39 is 0 Å². The molecule has 3 nitrogen and oxygen atoms in total. The van der Waals surface area contributed by atoms with Gasteiger partial charge >= 0.3 is 0 Å². The van der Waals surface area contributed by atoms with Crippen molar-refractivity contribution in [1.82, 2.24) is 0 Å². The number of nitrogens with two attached hydrogens (primary N) is 1. The van der Waals surface area contributed by atoms with Crippen LogP contribution in [0.15, 0.2) is 0 Å². The highest BCUT2D eigenvalue weighted by Crippen LogP contribution is 2.42. The standard InChI is InChI=1S/C15H27NO2/c1-2-5-13(16)10-14(17)12-6-9-18-15(11-12)7-3-4-8-15/h12-13H,2-11,16H2,1H3. The zero-order chi connectivity index (χ0) is 13.0. The van der Waals surface area contributed by atoms with E-state index in [0.29, 0.717) is 12.2 Å². The molecule has 2 atom stereocenters. The first-order valence-electron chi connectivity index (χ1n) is 7.57. The molecule has 18 heavy (non-hydrogen) atoms. The number of carbonyl (C=O) groups is 1. The molecular weight excluding hydrogens is 226 g/mol. The van der Waals surface area contributed by atoms with E-state index in [4.69, 9.17) is 10.5 Å². The van der Waals surface area contributed by atoms with E-state index in [2.05, 4.69) is 6.92 Å². The molecule has 3 heteroatoms. The van der Waals surface area contributed by atoms with E-state index in [1.54, 1.807) is 0 Å². The van der Waals surface area contributed by atoms with Crippen molar-refractivity contribution >= 4 is 5.78 Å². The normalized spacial score (nSPS) is 28.4. The van der Waals surface area contributed by atoms with Crippen molar-refractivity contribution < 1.29 is 9.53 Å². The molecule has 2 N–H and O–H groups in total. The third-order valence-electron chi connectivity index (χ3n) is 4.59. The van der Waals surface area contributed by atoms with Gasteiger partial charge in [-0.2, -0.15) is 0 Å². The number of hydrogen-bond donors (Lipinski definition) is 1. The Morgan fingerprint density at radius 1 is 1.44 bits per heavy atom. The molecule has 2 fully saturated rings. The lowest BCUT2D eigenvalue weighted by Gasteiger charge is -2.38. The molecule has 2 aliphatic rings. The summed E-state index contributed by atoms with van der Waals surface area (Å²) in [5.74, 6) is 0.588. The molecule has 1 aliphatic carbocycles. The maximum Gasteiger partial charge on any atom is 0.137 e. The number of ketones is 1. The number of Topliss-reactive ketones (excluding diaryl/α,β-unsaturated/α-hetero) is 1. The lowest BCUT2D eigenvalue weighted by atomic mass is 9.81. The molecule has 0 radical (unpaired) electrons. The minimum absolute atomic E-state index is 0.0490. The topological polar surface area (TPSA) is 52.3 Å². The highest BCUT2D eigenvalue weighted by Gasteiger charge is 2.41. The van der Waals surface area contributed by atoms with E-state index in [1.807, 2.05) is 0 Å². The highest BCUT2D eigenvalue weighted by atomic mass is 16.5. The van der Waals surface area contributed by atoms with Gasteiger partial charge in [0.05, 0.1) is 5.60 Å². The summed E-state index contributed by atoms with van der Waals surface area (Å²) in [5.41, 5.74) is 6.03. The first kappa shape index (κ1) is 14.0. The Balaban J connectivity index is 1.86. The van der Waals surface area contributed by atoms with Crippen molar-refractivity contribution in [2.45, 2.75) is 76.4 Å². The summed E-state index contributed by atoms with van der Waals surface area (Å²) >= 11 is 0. The smallest absolute Gasteiger partial charge is 0.137 e. The van der Waals surface area contributed by atoms with Crippen LogP contribution in [0.1, 0.15) is 64.7 Å². The average molecular weight is 253 g/mol. The SMILES string of the molecule is CCCC(N)CC(=O)C1CCOC2(CCCC2)C1. The Bertz CT molecular complexity index is 284. The fourth-order valence-electron chi connectivity index (χ4n) is 3.57.